The molecule has 5 heteroatoms. The lowest BCUT2D eigenvalue weighted by Gasteiger charge is -2.29. The van der Waals surface area contributed by atoms with Crippen molar-refractivity contribution in [3.8, 4) is 0 Å². The summed E-state index contributed by atoms with van der Waals surface area (Å²) in [6.07, 6.45) is 2.57. The van der Waals surface area contributed by atoms with E-state index >= 15 is 0 Å². The Morgan fingerprint density at radius 1 is 1.47 bits per heavy atom. The molecule has 0 aromatic carbocycles. The summed E-state index contributed by atoms with van der Waals surface area (Å²) >= 11 is 0. The number of sulfone groups is 1. The minimum atomic E-state index is -2.87. The Balaban J connectivity index is 2.45. The van der Waals surface area contributed by atoms with Crippen LogP contribution >= 0.6 is 0 Å². The van der Waals surface area contributed by atoms with Crippen LogP contribution in [0, 0.1) is 0 Å². The van der Waals surface area contributed by atoms with Gasteiger partial charge >= 0.3 is 0 Å². The van der Waals surface area contributed by atoms with Crippen LogP contribution in [-0.4, -0.2) is 58.1 Å². The fourth-order valence-corrected chi connectivity index (χ4v) is 3.92. The minimum absolute atomic E-state index is 0.131. The molecule has 0 aromatic heterocycles. The van der Waals surface area contributed by atoms with Crippen LogP contribution in [0.5, 0.6) is 0 Å². The first-order valence-corrected chi connectivity index (χ1v) is 7.32. The van der Waals surface area contributed by atoms with Crippen molar-refractivity contribution in [1.82, 2.24) is 10.2 Å². The molecule has 1 aliphatic rings. The molecule has 0 aliphatic carbocycles. The standard InChI is InChI=1S/C10H22N2O2S/c1-11-6-4-8-15(13,14)10-5-3-7-12(2)9-10/h10-11H,3-9H2,1-2H3. The summed E-state index contributed by atoms with van der Waals surface area (Å²) in [7, 11) is 0.973. The molecule has 1 aliphatic heterocycles. The fraction of sp³-hybridized carbons (Fsp3) is 1.00. The third-order valence-corrected chi connectivity index (χ3v) is 5.20. The Hall–Kier alpha value is -0.130. The molecule has 15 heavy (non-hydrogen) atoms. The predicted molar refractivity (Wildman–Crippen MR) is 62.8 cm³/mol. The third-order valence-electron chi connectivity index (χ3n) is 2.94. The van der Waals surface area contributed by atoms with E-state index in [-0.39, 0.29) is 5.25 Å². The molecule has 0 saturated carbocycles. The molecule has 4 nitrogen and oxygen atoms in total. The van der Waals surface area contributed by atoms with Gasteiger partial charge in [0.25, 0.3) is 0 Å². The number of hydrogen-bond donors (Lipinski definition) is 1. The van der Waals surface area contributed by atoms with Gasteiger partial charge < -0.3 is 10.2 Å². The van der Waals surface area contributed by atoms with E-state index in [0.717, 1.165) is 32.4 Å². The highest BCUT2D eigenvalue weighted by Crippen LogP contribution is 2.17. The maximum absolute atomic E-state index is 12.0. The van der Waals surface area contributed by atoms with Crippen LogP contribution < -0.4 is 5.32 Å². The van der Waals surface area contributed by atoms with Gasteiger partial charge in [-0.3, -0.25) is 0 Å². The summed E-state index contributed by atoms with van der Waals surface area (Å²) in [6, 6.07) is 0. The maximum Gasteiger partial charge on any atom is 0.154 e. The van der Waals surface area contributed by atoms with Crippen molar-refractivity contribution >= 4 is 9.84 Å². The lowest BCUT2D eigenvalue weighted by Crippen LogP contribution is -2.41. The smallest absolute Gasteiger partial charge is 0.154 e. The number of hydrogen-bond acceptors (Lipinski definition) is 4. The lowest BCUT2D eigenvalue weighted by molar-refractivity contribution is 0.278. The molecule has 0 aromatic rings. The maximum atomic E-state index is 12.0. The lowest BCUT2D eigenvalue weighted by atomic mass is 10.1. The molecule has 1 saturated heterocycles. The number of nitrogens with zero attached hydrogens (tertiary/aromatic N) is 1. The molecule has 1 heterocycles. The zero-order valence-electron chi connectivity index (χ0n) is 9.70. The van der Waals surface area contributed by atoms with Gasteiger partial charge in [0.2, 0.25) is 0 Å². The largest absolute Gasteiger partial charge is 0.320 e. The molecule has 1 N–H and O–H groups in total. The molecule has 90 valence electrons. The Bertz CT molecular complexity index is 277. The van der Waals surface area contributed by atoms with Crippen LogP contribution in [0.3, 0.4) is 0 Å². The average Bonchev–Trinajstić information content (AvgIpc) is 2.18. The highest BCUT2D eigenvalue weighted by molar-refractivity contribution is 7.92. The second-order valence-corrected chi connectivity index (χ2v) is 6.75. The minimum Gasteiger partial charge on any atom is -0.320 e. The zero-order valence-corrected chi connectivity index (χ0v) is 10.5. The molecule has 0 spiro atoms. The highest BCUT2D eigenvalue weighted by atomic mass is 32.2. The Morgan fingerprint density at radius 2 is 2.20 bits per heavy atom. The predicted octanol–water partition coefficient (Wildman–Crippen LogP) is 0.105. The Kier molecular flexibility index (Phi) is 5.02. The number of piperidine rings is 1. The molecule has 1 fully saturated rings. The summed E-state index contributed by atoms with van der Waals surface area (Å²) < 4.78 is 23.9. The van der Waals surface area contributed by atoms with Gasteiger partial charge in [0.1, 0.15) is 0 Å². The first-order chi connectivity index (χ1) is 7.06. The summed E-state index contributed by atoms with van der Waals surface area (Å²) in [5, 5.41) is 2.85. The second kappa shape index (κ2) is 5.82. The molecule has 1 atom stereocenters. The van der Waals surface area contributed by atoms with Crippen LogP contribution in [-0.2, 0) is 9.84 Å². The molecule has 0 radical (unpaired) electrons. The summed E-state index contributed by atoms with van der Waals surface area (Å²) in [6.45, 7) is 2.52. The average molecular weight is 234 g/mol. The van der Waals surface area contributed by atoms with Gasteiger partial charge in [-0.1, -0.05) is 0 Å². The van der Waals surface area contributed by atoms with Crippen molar-refractivity contribution in [3.63, 3.8) is 0 Å². The normalized spacial score (nSPS) is 24.3. The molecule has 0 amide bonds. The van der Waals surface area contributed by atoms with E-state index in [9.17, 15) is 8.42 Å². The van der Waals surface area contributed by atoms with E-state index in [4.69, 9.17) is 0 Å². The SMILES string of the molecule is CNCCCS(=O)(=O)C1CCCN(C)C1. The monoisotopic (exact) mass is 234 g/mol. The molecular formula is C10H22N2O2S. The molecule has 0 bridgehead atoms. The fourth-order valence-electron chi connectivity index (χ4n) is 2.03. The van der Waals surface area contributed by atoms with Gasteiger partial charge in [-0.15, -0.1) is 0 Å². The van der Waals surface area contributed by atoms with Crippen LogP contribution in [0.1, 0.15) is 19.3 Å². The van der Waals surface area contributed by atoms with Crippen molar-refractivity contribution in [2.75, 3.05) is 39.5 Å². The van der Waals surface area contributed by atoms with Crippen LogP contribution in [0.15, 0.2) is 0 Å². The summed E-state index contributed by atoms with van der Waals surface area (Å²) in [5.74, 6) is 0.326. The molecule has 1 unspecified atom stereocenters. The summed E-state index contributed by atoms with van der Waals surface area (Å²) in [4.78, 5) is 2.11. The molecule has 1 rings (SSSR count). The first-order valence-electron chi connectivity index (χ1n) is 5.61. The number of nitrogens with one attached hydrogen (secondary N) is 1. The third kappa shape index (κ3) is 4.09. The van der Waals surface area contributed by atoms with Crippen molar-refractivity contribution < 1.29 is 8.42 Å². The summed E-state index contributed by atoms with van der Waals surface area (Å²) in [5.41, 5.74) is 0. The van der Waals surface area contributed by atoms with Crippen LogP contribution in [0.25, 0.3) is 0 Å². The number of rotatable bonds is 5. The van der Waals surface area contributed by atoms with Gasteiger partial charge in [-0.2, -0.15) is 0 Å². The zero-order chi connectivity index (χ0) is 11.3. The second-order valence-electron chi connectivity index (χ2n) is 4.35. The first kappa shape index (κ1) is 12.9. The number of likely N-dealkylation sites (tertiary alicyclic amines) is 1. The van der Waals surface area contributed by atoms with Gasteiger partial charge in [0.15, 0.2) is 9.84 Å². The van der Waals surface area contributed by atoms with E-state index in [0.29, 0.717) is 12.3 Å². The highest BCUT2D eigenvalue weighted by Gasteiger charge is 2.28. The van der Waals surface area contributed by atoms with Gasteiger partial charge in [0, 0.05) is 6.54 Å². The van der Waals surface area contributed by atoms with E-state index in [2.05, 4.69) is 10.2 Å². The Labute approximate surface area is 93.0 Å². The van der Waals surface area contributed by atoms with E-state index in [1.54, 1.807) is 0 Å². The topological polar surface area (TPSA) is 49.4 Å². The Morgan fingerprint density at radius 3 is 2.80 bits per heavy atom. The van der Waals surface area contributed by atoms with Crippen molar-refractivity contribution in [2.24, 2.45) is 0 Å². The van der Waals surface area contributed by atoms with Crippen LogP contribution in [0.2, 0.25) is 0 Å². The van der Waals surface area contributed by atoms with Gasteiger partial charge in [-0.25, -0.2) is 8.42 Å². The molecular weight excluding hydrogens is 212 g/mol. The van der Waals surface area contributed by atoms with Crippen molar-refractivity contribution in [2.45, 2.75) is 24.5 Å². The van der Waals surface area contributed by atoms with Crippen LogP contribution in [0.4, 0.5) is 0 Å². The van der Waals surface area contributed by atoms with Gasteiger partial charge in [0.05, 0.1) is 11.0 Å². The van der Waals surface area contributed by atoms with Crippen molar-refractivity contribution in [1.29, 1.82) is 0 Å². The van der Waals surface area contributed by atoms with E-state index in [1.165, 1.54) is 0 Å². The van der Waals surface area contributed by atoms with Crippen molar-refractivity contribution in [3.05, 3.63) is 0 Å². The van der Waals surface area contributed by atoms with E-state index < -0.39 is 9.84 Å². The van der Waals surface area contributed by atoms with E-state index in [1.807, 2.05) is 14.1 Å². The van der Waals surface area contributed by atoms with Gasteiger partial charge in [-0.05, 0) is 46.4 Å². The quantitative estimate of drug-likeness (QED) is 0.686.